The minimum Gasteiger partial charge on any atom is -0.491 e. The van der Waals surface area contributed by atoms with E-state index in [0.717, 1.165) is 16.7 Å². The van der Waals surface area contributed by atoms with Gasteiger partial charge < -0.3 is 24.8 Å². The molecule has 0 bridgehead atoms. The van der Waals surface area contributed by atoms with Crippen LogP contribution in [0, 0.1) is 6.92 Å². The molecule has 2 atom stereocenters. The van der Waals surface area contributed by atoms with Gasteiger partial charge in [-0.1, -0.05) is 30.4 Å². The molecule has 5 nitrogen and oxygen atoms in total. The molecule has 2 aromatic carbocycles. The molecule has 0 amide bonds. The smallest absolute Gasteiger partial charge is 0.119 e. The van der Waals surface area contributed by atoms with Gasteiger partial charge in [0.2, 0.25) is 0 Å². The molecule has 0 aromatic heterocycles. The number of benzene rings is 2. The normalized spacial score (nSPS) is 13.5. The zero-order valence-electron chi connectivity index (χ0n) is 15.2. The van der Waals surface area contributed by atoms with Gasteiger partial charge >= 0.3 is 0 Å². The van der Waals surface area contributed by atoms with E-state index in [2.05, 4.69) is 0 Å². The number of ether oxygens (including phenoxy) is 2. The van der Waals surface area contributed by atoms with Crippen LogP contribution in [0.2, 0.25) is 0 Å². The van der Waals surface area contributed by atoms with Crippen molar-refractivity contribution < 1.29 is 24.8 Å². The molecule has 2 rings (SSSR count). The van der Waals surface area contributed by atoms with Crippen LogP contribution in [0.15, 0.2) is 42.5 Å². The first kappa shape index (κ1) is 21.3. The Balaban J connectivity index is 1.94. The summed E-state index contributed by atoms with van der Waals surface area (Å²) < 4.78 is 10.9. The van der Waals surface area contributed by atoms with E-state index in [1.807, 2.05) is 61.5 Å². The molecule has 0 fully saturated rings. The van der Waals surface area contributed by atoms with Crippen molar-refractivity contribution in [2.24, 2.45) is 0 Å². The van der Waals surface area contributed by atoms with Crippen LogP contribution in [0.5, 0.6) is 11.5 Å². The molecule has 0 heterocycles. The highest BCUT2D eigenvalue weighted by Gasteiger charge is 2.05. The van der Waals surface area contributed by atoms with Crippen LogP contribution < -0.4 is 9.47 Å². The third-order valence-corrected chi connectivity index (χ3v) is 4.21. The summed E-state index contributed by atoms with van der Waals surface area (Å²) >= 11 is 5.55. The largest absolute Gasteiger partial charge is 0.491 e. The zero-order valence-corrected chi connectivity index (χ0v) is 16.0. The van der Waals surface area contributed by atoms with E-state index in [4.69, 9.17) is 26.2 Å². The highest BCUT2D eigenvalue weighted by atomic mass is 35.5. The SMILES string of the molecule is Cc1cc(OC[C@H](O)CCl)ccc1/C=C/c1ccc(OC[C@H](O)CO)cc1. The Morgan fingerprint density at radius 3 is 2.19 bits per heavy atom. The van der Waals surface area contributed by atoms with Crippen molar-refractivity contribution in [3.05, 3.63) is 59.2 Å². The van der Waals surface area contributed by atoms with Crippen LogP contribution >= 0.6 is 11.6 Å². The fourth-order valence-electron chi connectivity index (χ4n) is 2.27. The molecule has 0 aliphatic heterocycles. The molecular weight excluding hydrogens is 368 g/mol. The van der Waals surface area contributed by atoms with Gasteiger partial charge in [0.1, 0.15) is 36.9 Å². The second kappa shape index (κ2) is 10.9. The van der Waals surface area contributed by atoms with E-state index in [9.17, 15) is 10.2 Å². The minimum absolute atomic E-state index is 0.0568. The van der Waals surface area contributed by atoms with Gasteiger partial charge in [-0.05, 0) is 47.9 Å². The van der Waals surface area contributed by atoms with Crippen LogP contribution in [-0.2, 0) is 0 Å². The number of aryl methyl sites for hydroxylation is 1. The van der Waals surface area contributed by atoms with E-state index in [1.54, 1.807) is 0 Å². The van der Waals surface area contributed by atoms with Crippen molar-refractivity contribution in [1.82, 2.24) is 0 Å². The van der Waals surface area contributed by atoms with Gasteiger partial charge in [-0.2, -0.15) is 0 Å². The maximum absolute atomic E-state index is 9.45. The van der Waals surface area contributed by atoms with Crippen molar-refractivity contribution in [2.45, 2.75) is 19.1 Å². The molecule has 0 saturated carbocycles. The van der Waals surface area contributed by atoms with Crippen molar-refractivity contribution >= 4 is 23.8 Å². The van der Waals surface area contributed by atoms with Gasteiger partial charge in [0.15, 0.2) is 0 Å². The second-order valence-corrected chi connectivity index (χ2v) is 6.50. The second-order valence-electron chi connectivity index (χ2n) is 6.19. The van der Waals surface area contributed by atoms with Crippen molar-refractivity contribution in [2.75, 3.05) is 25.7 Å². The molecule has 146 valence electrons. The predicted molar refractivity (Wildman–Crippen MR) is 107 cm³/mol. The van der Waals surface area contributed by atoms with Crippen molar-refractivity contribution in [3.63, 3.8) is 0 Å². The van der Waals surface area contributed by atoms with Gasteiger partial charge in [-0.25, -0.2) is 0 Å². The zero-order chi connectivity index (χ0) is 19.6. The first-order chi connectivity index (χ1) is 13.0. The van der Waals surface area contributed by atoms with Gasteiger partial charge in [0.25, 0.3) is 0 Å². The molecule has 0 saturated heterocycles. The fourth-order valence-corrected chi connectivity index (χ4v) is 2.36. The van der Waals surface area contributed by atoms with E-state index >= 15 is 0 Å². The number of alkyl halides is 1. The first-order valence-corrected chi connectivity index (χ1v) is 9.22. The molecule has 6 heteroatoms. The molecular formula is C21H25ClO5. The summed E-state index contributed by atoms with van der Waals surface area (Å²) in [5, 5.41) is 27.5. The molecule has 0 aliphatic carbocycles. The van der Waals surface area contributed by atoms with E-state index < -0.39 is 12.2 Å². The monoisotopic (exact) mass is 392 g/mol. The summed E-state index contributed by atoms with van der Waals surface area (Å²) in [6.07, 6.45) is 2.45. The van der Waals surface area contributed by atoms with Crippen LogP contribution in [-0.4, -0.2) is 53.2 Å². The molecule has 0 radical (unpaired) electrons. The molecule has 2 aromatic rings. The van der Waals surface area contributed by atoms with E-state index in [1.165, 1.54) is 0 Å². The average molecular weight is 393 g/mol. The van der Waals surface area contributed by atoms with Crippen molar-refractivity contribution in [1.29, 1.82) is 0 Å². The molecule has 27 heavy (non-hydrogen) atoms. The Kier molecular flexibility index (Phi) is 8.61. The van der Waals surface area contributed by atoms with Crippen LogP contribution in [0.4, 0.5) is 0 Å². The summed E-state index contributed by atoms with van der Waals surface area (Å²) in [5.41, 5.74) is 3.13. The third kappa shape index (κ3) is 7.23. The summed E-state index contributed by atoms with van der Waals surface area (Å²) in [4.78, 5) is 0. The quantitative estimate of drug-likeness (QED) is 0.428. The Labute approximate surface area is 164 Å². The van der Waals surface area contributed by atoms with Crippen LogP contribution in [0.3, 0.4) is 0 Å². The van der Waals surface area contributed by atoms with Crippen molar-refractivity contribution in [3.8, 4) is 11.5 Å². The predicted octanol–water partition coefficient (Wildman–Crippen LogP) is 2.88. The summed E-state index contributed by atoms with van der Waals surface area (Å²) in [6.45, 7) is 1.90. The summed E-state index contributed by atoms with van der Waals surface area (Å²) in [7, 11) is 0. The Hall–Kier alpha value is -2.05. The molecule has 0 aliphatic rings. The number of aliphatic hydroxyl groups excluding tert-OH is 3. The molecule has 3 N–H and O–H groups in total. The number of aliphatic hydroxyl groups is 3. The highest BCUT2D eigenvalue weighted by Crippen LogP contribution is 2.20. The van der Waals surface area contributed by atoms with Crippen LogP contribution in [0.25, 0.3) is 12.2 Å². The summed E-state index contributed by atoms with van der Waals surface area (Å²) in [5.74, 6) is 1.47. The number of rotatable bonds is 10. The standard InChI is InChI=1S/C21H25ClO5/c1-15-10-21(27-13-18(24)11-22)9-6-17(15)5-2-16-3-7-20(8-4-16)26-14-19(25)12-23/h2-10,18-19,23-25H,11-14H2,1H3/b5-2+/t18-,19-/m1/s1. The Morgan fingerprint density at radius 2 is 1.56 bits per heavy atom. The maximum Gasteiger partial charge on any atom is 0.119 e. The maximum atomic E-state index is 9.45. The van der Waals surface area contributed by atoms with Gasteiger partial charge in [-0.3, -0.25) is 0 Å². The van der Waals surface area contributed by atoms with Crippen LogP contribution in [0.1, 0.15) is 16.7 Å². The third-order valence-electron chi connectivity index (χ3n) is 3.85. The lowest BCUT2D eigenvalue weighted by molar-refractivity contribution is 0.0536. The lowest BCUT2D eigenvalue weighted by Crippen LogP contribution is -2.21. The Morgan fingerprint density at radius 1 is 0.926 bits per heavy atom. The molecule has 0 spiro atoms. The van der Waals surface area contributed by atoms with E-state index in [-0.39, 0.29) is 25.7 Å². The lowest BCUT2D eigenvalue weighted by atomic mass is 10.1. The summed E-state index contributed by atoms with van der Waals surface area (Å²) in [6, 6.07) is 13.2. The average Bonchev–Trinajstić information content (AvgIpc) is 2.70. The van der Waals surface area contributed by atoms with Gasteiger partial charge in [-0.15, -0.1) is 11.6 Å². The minimum atomic E-state index is -0.877. The lowest BCUT2D eigenvalue weighted by Gasteiger charge is -2.11. The topological polar surface area (TPSA) is 79.2 Å². The number of halogens is 1. The highest BCUT2D eigenvalue weighted by molar-refractivity contribution is 6.18. The number of hydrogen-bond acceptors (Lipinski definition) is 5. The Bertz CT molecular complexity index is 730. The van der Waals surface area contributed by atoms with Gasteiger partial charge in [0.05, 0.1) is 12.5 Å². The first-order valence-electron chi connectivity index (χ1n) is 8.69. The van der Waals surface area contributed by atoms with Gasteiger partial charge in [0, 0.05) is 0 Å². The molecule has 0 unspecified atom stereocenters. The number of hydrogen-bond donors (Lipinski definition) is 3. The van der Waals surface area contributed by atoms with E-state index in [0.29, 0.717) is 11.5 Å². The fraction of sp³-hybridized carbons (Fsp3) is 0.333.